The van der Waals surface area contributed by atoms with Crippen LogP contribution in [0, 0.1) is 12.8 Å². The number of aromatic nitrogens is 1. The van der Waals surface area contributed by atoms with Crippen molar-refractivity contribution in [1.29, 1.82) is 0 Å². The van der Waals surface area contributed by atoms with E-state index < -0.39 is 6.23 Å². The Morgan fingerprint density at radius 1 is 1.28 bits per heavy atom. The number of nitrogens with zero attached hydrogens (tertiary/aromatic N) is 2. The summed E-state index contributed by atoms with van der Waals surface area (Å²) in [5.41, 5.74) is 17.6. The van der Waals surface area contributed by atoms with E-state index in [4.69, 9.17) is 28.1 Å². The summed E-state index contributed by atoms with van der Waals surface area (Å²) < 4.78 is 0. The first-order valence-electron chi connectivity index (χ1n) is 10.8. The number of rotatable bonds is 7. The van der Waals surface area contributed by atoms with Crippen molar-refractivity contribution in [2.45, 2.75) is 32.9 Å². The molecular weight excluding hydrogens is 422 g/mol. The summed E-state index contributed by atoms with van der Waals surface area (Å²) in [5.74, 6) is 0.774. The average molecular weight is 450 g/mol. The molecule has 166 valence electrons. The lowest BCUT2D eigenvalue weighted by atomic mass is 10.0. The van der Waals surface area contributed by atoms with Gasteiger partial charge in [0, 0.05) is 16.6 Å². The van der Waals surface area contributed by atoms with Crippen LogP contribution in [0.2, 0.25) is 5.02 Å². The molecule has 1 fully saturated rings. The Hall–Kier alpha value is -2.93. The molecule has 0 amide bonds. The smallest absolute Gasteiger partial charge is 0.131 e. The van der Waals surface area contributed by atoms with Gasteiger partial charge in [-0.05, 0) is 73.7 Å². The number of hydrogen-bond donors (Lipinski definition) is 4. The molecular formula is C25H28ClN5O. The third-order valence-electron chi connectivity index (χ3n) is 5.63. The number of nitrogens with two attached hydrogens (primary N) is 2. The summed E-state index contributed by atoms with van der Waals surface area (Å²) in [4.78, 5) is 9.46. The lowest BCUT2D eigenvalue weighted by molar-refractivity contribution is 0.141. The maximum Gasteiger partial charge on any atom is 0.131 e. The number of hydrogen-bond acceptors (Lipinski definition) is 5. The second-order valence-corrected chi connectivity index (χ2v) is 8.56. The standard InChI is InChI=1S/C25H28ClN5O/c1-3-29-25(32)17-11-18(19(26)10-14(17)2)23-13-22(16-6-4-5-7-21(16)30-23)31-24(28)12-20(27)15-8-9-15/h4-7,10-13,15,25,29,32H,3,8-9,27H2,1-2H3,(H2,28,30,31)/b20-12-. The van der Waals surface area contributed by atoms with Gasteiger partial charge < -0.3 is 16.6 Å². The fraction of sp³-hybridized carbons (Fsp3) is 0.280. The van der Waals surface area contributed by atoms with E-state index in [1.807, 2.05) is 56.3 Å². The van der Waals surface area contributed by atoms with Crippen molar-refractivity contribution in [3.05, 3.63) is 70.4 Å². The van der Waals surface area contributed by atoms with E-state index >= 15 is 0 Å². The molecule has 3 aromatic rings. The number of nitrogens with one attached hydrogen (secondary N) is 1. The molecule has 0 saturated heterocycles. The minimum absolute atomic E-state index is 0.356. The zero-order valence-electron chi connectivity index (χ0n) is 18.3. The fourth-order valence-electron chi connectivity index (χ4n) is 3.75. The van der Waals surface area contributed by atoms with Crippen molar-refractivity contribution >= 4 is 34.0 Å². The molecule has 32 heavy (non-hydrogen) atoms. The lowest BCUT2D eigenvalue weighted by Gasteiger charge is -2.17. The lowest BCUT2D eigenvalue weighted by Crippen LogP contribution is -2.21. The molecule has 1 aliphatic rings. The maximum atomic E-state index is 10.5. The van der Waals surface area contributed by atoms with Crippen LogP contribution >= 0.6 is 11.6 Å². The van der Waals surface area contributed by atoms with E-state index in [0.717, 1.165) is 46.1 Å². The minimum Gasteiger partial charge on any atom is -0.402 e. The summed E-state index contributed by atoms with van der Waals surface area (Å²) in [7, 11) is 0. The van der Waals surface area contributed by atoms with Gasteiger partial charge in [-0.3, -0.25) is 5.32 Å². The Morgan fingerprint density at radius 2 is 2.03 bits per heavy atom. The molecule has 6 N–H and O–H groups in total. The van der Waals surface area contributed by atoms with Gasteiger partial charge in [-0.1, -0.05) is 36.7 Å². The molecule has 0 radical (unpaired) electrons. The van der Waals surface area contributed by atoms with Crippen LogP contribution in [0.25, 0.3) is 22.2 Å². The van der Waals surface area contributed by atoms with Gasteiger partial charge in [-0.15, -0.1) is 0 Å². The number of benzene rings is 2. The predicted molar refractivity (Wildman–Crippen MR) is 132 cm³/mol. The highest BCUT2D eigenvalue weighted by molar-refractivity contribution is 6.33. The van der Waals surface area contributed by atoms with Gasteiger partial charge in [0.15, 0.2) is 0 Å². The minimum atomic E-state index is -0.792. The van der Waals surface area contributed by atoms with Gasteiger partial charge in [-0.25, -0.2) is 9.98 Å². The van der Waals surface area contributed by atoms with E-state index in [0.29, 0.717) is 34.7 Å². The molecule has 0 aliphatic heterocycles. The van der Waals surface area contributed by atoms with Crippen LogP contribution in [0.1, 0.15) is 37.1 Å². The molecule has 1 heterocycles. The highest BCUT2D eigenvalue weighted by atomic mass is 35.5. The van der Waals surface area contributed by atoms with Gasteiger partial charge >= 0.3 is 0 Å². The van der Waals surface area contributed by atoms with Gasteiger partial charge in [0.2, 0.25) is 0 Å². The predicted octanol–water partition coefficient (Wildman–Crippen LogP) is 4.71. The van der Waals surface area contributed by atoms with Gasteiger partial charge in [0.25, 0.3) is 0 Å². The van der Waals surface area contributed by atoms with Crippen LogP contribution < -0.4 is 16.8 Å². The Morgan fingerprint density at radius 3 is 2.75 bits per heavy atom. The van der Waals surface area contributed by atoms with E-state index in [9.17, 15) is 5.11 Å². The van der Waals surface area contributed by atoms with Crippen LogP contribution in [0.5, 0.6) is 0 Å². The third-order valence-corrected chi connectivity index (χ3v) is 5.94. The summed E-state index contributed by atoms with van der Waals surface area (Å²) in [6.45, 7) is 4.51. The van der Waals surface area contributed by atoms with Crippen molar-refractivity contribution in [2.24, 2.45) is 22.4 Å². The number of aryl methyl sites for hydroxylation is 1. The van der Waals surface area contributed by atoms with Crippen LogP contribution in [0.15, 0.2) is 59.2 Å². The molecule has 6 nitrogen and oxygen atoms in total. The van der Waals surface area contributed by atoms with E-state index in [1.165, 1.54) is 0 Å². The van der Waals surface area contributed by atoms with Gasteiger partial charge in [0.1, 0.15) is 12.1 Å². The van der Waals surface area contributed by atoms with Crippen molar-refractivity contribution in [3.8, 4) is 11.3 Å². The molecule has 1 atom stereocenters. The zero-order valence-corrected chi connectivity index (χ0v) is 19.0. The molecule has 2 aromatic carbocycles. The van der Waals surface area contributed by atoms with E-state index in [1.54, 1.807) is 6.08 Å². The first-order valence-corrected chi connectivity index (χ1v) is 11.2. The Bertz CT molecular complexity index is 1220. The molecule has 7 heteroatoms. The van der Waals surface area contributed by atoms with Crippen molar-refractivity contribution in [2.75, 3.05) is 6.54 Å². The van der Waals surface area contributed by atoms with E-state index in [2.05, 4.69) is 10.3 Å². The topological polar surface area (TPSA) is 110 Å². The summed E-state index contributed by atoms with van der Waals surface area (Å²) in [6, 6.07) is 13.4. The number of para-hydroxylation sites is 1. The van der Waals surface area contributed by atoms with Crippen molar-refractivity contribution in [1.82, 2.24) is 10.3 Å². The highest BCUT2D eigenvalue weighted by Gasteiger charge is 2.24. The molecule has 0 spiro atoms. The van der Waals surface area contributed by atoms with Gasteiger partial charge in [0.05, 0.1) is 21.9 Å². The molecule has 1 aromatic heterocycles. The molecule has 1 aliphatic carbocycles. The molecule has 1 saturated carbocycles. The normalized spacial score (nSPS) is 15.9. The Kier molecular flexibility index (Phi) is 6.46. The molecule has 1 unspecified atom stereocenters. The Labute approximate surface area is 193 Å². The van der Waals surface area contributed by atoms with Crippen LogP contribution in [-0.2, 0) is 0 Å². The summed E-state index contributed by atoms with van der Waals surface area (Å²) >= 11 is 6.61. The number of fused-ring (bicyclic) bond motifs is 1. The largest absolute Gasteiger partial charge is 0.402 e. The highest BCUT2D eigenvalue weighted by Crippen LogP contribution is 2.36. The zero-order chi connectivity index (χ0) is 22.8. The van der Waals surface area contributed by atoms with Crippen LogP contribution in [0.3, 0.4) is 0 Å². The number of aliphatic hydroxyl groups excluding tert-OH is 1. The number of allylic oxidation sites excluding steroid dienone is 1. The number of amidine groups is 1. The monoisotopic (exact) mass is 449 g/mol. The van der Waals surface area contributed by atoms with Crippen molar-refractivity contribution < 1.29 is 5.11 Å². The van der Waals surface area contributed by atoms with E-state index in [-0.39, 0.29) is 0 Å². The third kappa shape index (κ3) is 4.78. The number of aliphatic hydroxyl groups is 1. The maximum absolute atomic E-state index is 10.5. The molecule has 4 rings (SSSR count). The first kappa shape index (κ1) is 22.3. The number of aliphatic imine (C=N–C) groups is 1. The fourth-order valence-corrected chi connectivity index (χ4v) is 4.06. The quantitative estimate of drug-likeness (QED) is 0.237. The van der Waals surface area contributed by atoms with Crippen molar-refractivity contribution in [3.63, 3.8) is 0 Å². The number of halogens is 1. The van der Waals surface area contributed by atoms with Crippen LogP contribution in [0.4, 0.5) is 5.69 Å². The Balaban J connectivity index is 1.84. The second-order valence-electron chi connectivity index (χ2n) is 8.15. The van der Waals surface area contributed by atoms with Gasteiger partial charge in [-0.2, -0.15) is 0 Å². The molecule has 0 bridgehead atoms. The summed E-state index contributed by atoms with van der Waals surface area (Å²) in [5, 5.41) is 15.0. The SMILES string of the molecule is CCNC(O)c1cc(-c2cc(N=C(N)/C=C(\N)C3CC3)c3ccccc3n2)c(Cl)cc1C. The average Bonchev–Trinajstić information content (AvgIpc) is 3.59. The second kappa shape index (κ2) is 9.28. The van der Waals surface area contributed by atoms with Crippen LogP contribution in [-0.4, -0.2) is 22.5 Å². The first-order chi connectivity index (χ1) is 15.4. The summed E-state index contributed by atoms with van der Waals surface area (Å²) in [6.07, 6.45) is 3.16. The number of pyridine rings is 1.